The lowest BCUT2D eigenvalue weighted by Crippen LogP contribution is -2.45. The Morgan fingerprint density at radius 3 is 2.60 bits per heavy atom. The molecule has 0 aromatic heterocycles. The van der Waals surface area contributed by atoms with Crippen molar-refractivity contribution in [1.29, 1.82) is 0 Å². The van der Waals surface area contributed by atoms with E-state index in [2.05, 4.69) is 0 Å². The molecular formula is C19H25ClN2O3. The highest BCUT2D eigenvalue weighted by molar-refractivity contribution is 6.30. The fourth-order valence-electron chi connectivity index (χ4n) is 3.58. The maximum atomic E-state index is 12.7. The maximum Gasteiger partial charge on any atom is 0.227 e. The Balaban J connectivity index is 1.50. The van der Waals surface area contributed by atoms with Crippen LogP contribution >= 0.6 is 11.6 Å². The molecule has 2 amide bonds. The van der Waals surface area contributed by atoms with Crippen LogP contribution in [0.15, 0.2) is 24.3 Å². The Labute approximate surface area is 153 Å². The van der Waals surface area contributed by atoms with E-state index in [9.17, 15) is 9.59 Å². The summed E-state index contributed by atoms with van der Waals surface area (Å²) < 4.78 is 5.97. The number of carbonyl (C=O) groups is 2. The van der Waals surface area contributed by atoms with Crippen LogP contribution in [0.3, 0.4) is 0 Å². The van der Waals surface area contributed by atoms with E-state index in [0.29, 0.717) is 31.1 Å². The molecule has 0 bridgehead atoms. The molecule has 25 heavy (non-hydrogen) atoms. The first-order valence-corrected chi connectivity index (χ1v) is 9.32. The van der Waals surface area contributed by atoms with Gasteiger partial charge in [-0.15, -0.1) is 0 Å². The van der Waals surface area contributed by atoms with Gasteiger partial charge >= 0.3 is 0 Å². The fraction of sp³-hybridized carbons (Fsp3) is 0.579. The van der Waals surface area contributed by atoms with Gasteiger partial charge in [0.25, 0.3) is 0 Å². The number of likely N-dealkylation sites (tertiary alicyclic amines) is 2. The monoisotopic (exact) mass is 364 g/mol. The average Bonchev–Trinajstić information content (AvgIpc) is 2.97. The van der Waals surface area contributed by atoms with Crippen LogP contribution in [-0.2, 0) is 9.59 Å². The smallest absolute Gasteiger partial charge is 0.227 e. The second-order valence-corrected chi connectivity index (χ2v) is 7.58. The summed E-state index contributed by atoms with van der Waals surface area (Å²) in [4.78, 5) is 28.4. The van der Waals surface area contributed by atoms with Gasteiger partial charge in [0, 0.05) is 50.0 Å². The Morgan fingerprint density at radius 2 is 2.00 bits per heavy atom. The van der Waals surface area contributed by atoms with Crippen LogP contribution in [0.2, 0.25) is 5.02 Å². The molecule has 0 aliphatic carbocycles. The van der Waals surface area contributed by atoms with E-state index in [4.69, 9.17) is 16.3 Å². The van der Waals surface area contributed by atoms with E-state index in [1.54, 1.807) is 4.90 Å². The number of piperidine rings is 1. The first kappa shape index (κ1) is 18.1. The van der Waals surface area contributed by atoms with Gasteiger partial charge in [-0.05, 0) is 32.0 Å². The third-order valence-corrected chi connectivity index (χ3v) is 5.22. The number of amides is 2. The van der Waals surface area contributed by atoms with E-state index >= 15 is 0 Å². The van der Waals surface area contributed by atoms with Crippen LogP contribution in [0.4, 0.5) is 0 Å². The van der Waals surface area contributed by atoms with Crippen LogP contribution in [0.1, 0.15) is 33.1 Å². The van der Waals surface area contributed by atoms with Gasteiger partial charge in [0.05, 0.1) is 5.92 Å². The van der Waals surface area contributed by atoms with Gasteiger partial charge in [0.1, 0.15) is 11.9 Å². The van der Waals surface area contributed by atoms with E-state index in [1.165, 1.54) is 0 Å². The van der Waals surface area contributed by atoms with Crippen molar-refractivity contribution in [1.82, 2.24) is 9.80 Å². The lowest BCUT2D eigenvalue weighted by molar-refractivity contribution is -0.137. The van der Waals surface area contributed by atoms with Gasteiger partial charge in [-0.2, -0.15) is 0 Å². The summed E-state index contributed by atoms with van der Waals surface area (Å²) in [5, 5.41) is 0.658. The third kappa shape index (κ3) is 4.27. The molecule has 1 aromatic rings. The molecule has 1 aromatic carbocycles. The van der Waals surface area contributed by atoms with Crippen LogP contribution < -0.4 is 4.74 Å². The predicted octanol–water partition coefficient (Wildman–Crippen LogP) is 2.97. The molecule has 6 heteroatoms. The Morgan fingerprint density at radius 1 is 1.28 bits per heavy atom. The summed E-state index contributed by atoms with van der Waals surface area (Å²) in [6.07, 6.45) is 2.04. The van der Waals surface area contributed by atoms with Crippen molar-refractivity contribution in [2.75, 3.05) is 19.6 Å². The largest absolute Gasteiger partial charge is 0.490 e. The Bertz CT molecular complexity index is 641. The number of benzene rings is 1. The number of ether oxygens (including phenoxy) is 1. The Hall–Kier alpha value is -1.75. The molecule has 1 atom stereocenters. The zero-order valence-electron chi connectivity index (χ0n) is 14.8. The van der Waals surface area contributed by atoms with Crippen molar-refractivity contribution >= 4 is 23.4 Å². The van der Waals surface area contributed by atoms with Crippen LogP contribution in [0.25, 0.3) is 0 Å². The summed E-state index contributed by atoms with van der Waals surface area (Å²) in [5.41, 5.74) is 0. The van der Waals surface area contributed by atoms with Gasteiger partial charge < -0.3 is 14.5 Å². The molecule has 2 aliphatic rings. The number of nitrogens with zero attached hydrogens (tertiary/aromatic N) is 2. The molecule has 0 saturated carbocycles. The first-order chi connectivity index (χ1) is 11.9. The molecular weight excluding hydrogens is 340 g/mol. The highest BCUT2D eigenvalue weighted by Crippen LogP contribution is 2.26. The minimum Gasteiger partial charge on any atom is -0.490 e. The van der Waals surface area contributed by atoms with Crippen molar-refractivity contribution in [3.8, 4) is 5.75 Å². The normalized spacial score (nSPS) is 21.9. The van der Waals surface area contributed by atoms with E-state index in [1.807, 2.05) is 43.0 Å². The van der Waals surface area contributed by atoms with Crippen LogP contribution in [0.5, 0.6) is 5.75 Å². The van der Waals surface area contributed by atoms with Crippen LogP contribution in [0, 0.1) is 5.92 Å². The van der Waals surface area contributed by atoms with E-state index in [-0.39, 0.29) is 29.9 Å². The van der Waals surface area contributed by atoms with Crippen molar-refractivity contribution in [2.45, 2.75) is 45.3 Å². The second kappa shape index (κ2) is 7.65. The fourth-order valence-corrected chi connectivity index (χ4v) is 3.76. The summed E-state index contributed by atoms with van der Waals surface area (Å²) in [6, 6.07) is 7.55. The number of rotatable bonds is 4. The molecule has 3 rings (SSSR count). The third-order valence-electron chi connectivity index (χ3n) is 4.98. The van der Waals surface area contributed by atoms with Gasteiger partial charge in [-0.3, -0.25) is 9.59 Å². The van der Waals surface area contributed by atoms with Gasteiger partial charge in [0.2, 0.25) is 11.8 Å². The van der Waals surface area contributed by atoms with E-state index < -0.39 is 0 Å². The maximum absolute atomic E-state index is 12.7. The molecule has 136 valence electrons. The highest BCUT2D eigenvalue weighted by Gasteiger charge is 2.38. The summed E-state index contributed by atoms with van der Waals surface area (Å²) in [6.45, 7) is 5.88. The van der Waals surface area contributed by atoms with Crippen molar-refractivity contribution in [3.63, 3.8) is 0 Å². The molecule has 2 saturated heterocycles. The molecule has 0 radical (unpaired) electrons. The quantitative estimate of drug-likeness (QED) is 0.825. The van der Waals surface area contributed by atoms with E-state index in [0.717, 1.165) is 18.6 Å². The summed E-state index contributed by atoms with van der Waals surface area (Å²) >= 11 is 5.98. The minimum absolute atomic E-state index is 0.0903. The molecule has 0 spiro atoms. The molecule has 2 fully saturated rings. The molecule has 2 heterocycles. The predicted molar refractivity (Wildman–Crippen MR) is 96.6 cm³/mol. The van der Waals surface area contributed by atoms with Crippen molar-refractivity contribution in [3.05, 3.63) is 29.3 Å². The molecule has 0 unspecified atom stereocenters. The van der Waals surface area contributed by atoms with Gasteiger partial charge in [0.15, 0.2) is 0 Å². The topological polar surface area (TPSA) is 49.9 Å². The SMILES string of the molecule is CC(C)N1C[C@@H](C(=O)N2CCC(Oc3cccc(Cl)c3)CC2)CC1=O. The van der Waals surface area contributed by atoms with Crippen molar-refractivity contribution < 1.29 is 14.3 Å². The zero-order valence-corrected chi connectivity index (χ0v) is 15.5. The zero-order chi connectivity index (χ0) is 18.0. The minimum atomic E-state index is -0.194. The number of halogens is 1. The van der Waals surface area contributed by atoms with Gasteiger partial charge in [-0.25, -0.2) is 0 Å². The second-order valence-electron chi connectivity index (χ2n) is 7.14. The summed E-state index contributed by atoms with van der Waals surface area (Å²) in [7, 11) is 0. The number of hydrogen-bond donors (Lipinski definition) is 0. The Kier molecular flexibility index (Phi) is 5.52. The first-order valence-electron chi connectivity index (χ1n) is 8.94. The molecule has 2 aliphatic heterocycles. The molecule has 5 nitrogen and oxygen atoms in total. The lowest BCUT2D eigenvalue weighted by atomic mass is 10.0. The number of hydrogen-bond acceptors (Lipinski definition) is 3. The standard InChI is InChI=1S/C19H25ClN2O3/c1-13(2)22-12-14(10-18(22)23)19(24)21-8-6-16(7-9-21)25-17-5-3-4-15(20)11-17/h3-5,11,13-14,16H,6-10,12H2,1-2H3/t14-/m0/s1. The lowest BCUT2D eigenvalue weighted by Gasteiger charge is -2.33. The van der Waals surface area contributed by atoms with Crippen molar-refractivity contribution in [2.24, 2.45) is 5.92 Å². The molecule has 0 N–H and O–H groups in total. The average molecular weight is 365 g/mol. The van der Waals surface area contributed by atoms with Crippen LogP contribution in [-0.4, -0.2) is 53.4 Å². The highest BCUT2D eigenvalue weighted by atomic mass is 35.5. The summed E-state index contributed by atoms with van der Waals surface area (Å²) in [5.74, 6) is 0.775. The van der Waals surface area contributed by atoms with Gasteiger partial charge in [-0.1, -0.05) is 17.7 Å². The number of carbonyl (C=O) groups excluding carboxylic acids is 2.